The normalized spacial score (nSPS) is 15.5. The van der Waals surface area contributed by atoms with Crippen molar-refractivity contribution in [3.05, 3.63) is 23.8 Å². The van der Waals surface area contributed by atoms with Gasteiger partial charge in [0.1, 0.15) is 11.9 Å². The van der Waals surface area contributed by atoms with Gasteiger partial charge in [0.25, 0.3) is 0 Å². The molecule has 0 atom stereocenters. The summed E-state index contributed by atoms with van der Waals surface area (Å²) in [6, 6.07) is 5.62. The zero-order valence-corrected chi connectivity index (χ0v) is 9.72. The first-order valence-corrected chi connectivity index (χ1v) is 5.62. The maximum atomic E-state index is 10.6. The van der Waals surface area contributed by atoms with Crippen LogP contribution in [0.2, 0.25) is 0 Å². The van der Waals surface area contributed by atoms with E-state index in [9.17, 15) is 4.79 Å². The summed E-state index contributed by atoms with van der Waals surface area (Å²) < 4.78 is 5.67. The van der Waals surface area contributed by atoms with Gasteiger partial charge in [-0.3, -0.25) is 0 Å². The fraction of sp³-hybridized carbons (Fsp3) is 0.417. The van der Waals surface area contributed by atoms with Crippen LogP contribution >= 0.6 is 0 Å². The van der Waals surface area contributed by atoms with E-state index >= 15 is 0 Å². The van der Waals surface area contributed by atoms with E-state index in [-0.39, 0.29) is 6.10 Å². The van der Waals surface area contributed by atoms with Crippen molar-refractivity contribution in [2.75, 3.05) is 18.8 Å². The van der Waals surface area contributed by atoms with Crippen LogP contribution < -0.4 is 10.5 Å². The van der Waals surface area contributed by atoms with Gasteiger partial charge in [0.05, 0.1) is 13.1 Å². The summed E-state index contributed by atoms with van der Waals surface area (Å²) in [5.74, 6) is 0.719. The van der Waals surface area contributed by atoms with Gasteiger partial charge in [-0.1, -0.05) is 6.92 Å². The number of ether oxygens (including phenoxy) is 1. The molecule has 1 heterocycles. The lowest BCUT2D eigenvalue weighted by molar-refractivity contribution is 0.0252. The molecule has 0 spiro atoms. The number of nitrogens with zero attached hydrogens (tertiary/aromatic N) is 1. The summed E-state index contributed by atoms with van der Waals surface area (Å²) >= 11 is 0. The summed E-state index contributed by atoms with van der Waals surface area (Å²) in [4.78, 5) is 11.9. The molecular weight excluding hydrogens is 220 g/mol. The zero-order chi connectivity index (χ0) is 12.4. The molecule has 0 bridgehead atoms. The standard InChI is InChI=1S/C12H16N2O3/c1-2-8-3-9(13)5-10(4-8)17-11-6-14(7-11)12(15)16/h3-5,11H,2,6-7,13H2,1H3,(H,15,16). The molecule has 3 N–H and O–H groups in total. The molecule has 1 aliphatic rings. The monoisotopic (exact) mass is 236 g/mol. The van der Waals surface area contributed by atoms with Crippen LogP contribution in [0.4, 0.5) is 10.5 Å². The quantitative estimate of drug-likeness (QED) is 0.781. The molecule has 1 saturated heterocycles. The number of hydrogen-bond acceptors (Lipinski definition) is 3. The topological polar surface area (TPSA) is 75.8 Å². The highest BCUT2D eigenvalue weighted by molar-refractivity contribution is 5.66. The second-order valence-electron chi connectivity index (χ2n) is 4.19. The first kappa shape index (κ1) is 11.6. The molecule has 2 rings (SSSR count). The number of likely N-dealkylation sites (tertiary alicyclic amines) is 1. The van der Waals surface area contributed by atoms with Crippen molar-refractivity contribution in [3.8, 4) is 5.75 Å². The van der Waals surface area contributed by atoms with Gasteiger partial charge in [-0.2, -0.15) is 0 Å². The third-order valence-electron chi connectivity index (χ3n) is 2.82. The van der Waals surface area contributed by atoms with E-state index in [1.165, 1.54) is 4.90 Å². The van der Waals surface area contributed by atoms with Crippen LogP contribution in [-0.4, -0.2) is 35.3 Å². The van der Waals surface area contributed by atoms with E-state index < -0.39 is 6.09 Å². The van der Waals surface area contributed by atoms with Crippen molar-refractivity contribution in [2.45, 2.75) is 19.4 Å². The Morgan fingerprint density at radius 1 is 1.53 bits per heavy atom. The van der Waals surface area contributed by atoms with Crippen molar-refractivity contribution in [3.63, 3.8) is 0 Å². The Hall–Kier alpha value is -1.91. The van der Waals surface area contributed by atoms with Gasteiger partial charge in [-0.05, 0) is 24.1 Å². The first-order valence-electron chi connectivity index (χ1n) is 5.62. The number of carbonyl (C=O) groups is 1. The Labute approximate surface area is 99.8 Å². The SMILES string of the molecule is CCc1cc(N)cc(OC2CN(C(=O)O)C2)c1. The van der Waals surface area contributed by atoms with Gasteiger partial charge in [-0.15, -0.1) is 0 Å². The number of rotatable bonds is 3. The number of benzene rings is 1. The minimum Gasteiger partial charge on any atom is -0.487 e. The lowest BCUT2D eigenvalue weighted by Crippen LogP contribution is -2.55. The Kier molecular flexibility index (Phi) is 3.08. The smallest absolute Gasteiger partial charge is 0.407 e. The Balaban J connectivity index is 1.96. The predicted octanol–water partition coefficient (Wildman–Crippen LogP) is 1.57. The van der Waals surface area contributed by atoms with Crippen LogP contribution in [0, 0.1) is 0 Å². The van der Waals surface area contributed by atoms with Crippen LogP contribution in [-0.2, 0) is 6.42 Å². The van der Waals surface area contributed by atoms with Crippen molar-refractivity contribution in [1.82, 2.24) is 4.90 Å². The lowest BCUT2D eigenvalue weighted by atomic mass is 10.1. The Morgan fingerprint density at radius 3 is 2.82 bits per heavy atom. The van der Waals surface area contributed by atoms with Crippen molar-refractivity contribution >= 4 is 11.8 Å². The zero-order valence-electron chi connectivity index (χ0n) is 9.72. The summed E-state index contributed by atoms with van der Waals surface area (Å²) in [5, 5.41) is 8.69. The molecule has 17 heavy (non-hydrogen) atoms. The molecule has 1 aromatic carbocycles. The molecule has 5 nitrogen and oxygen atoms in total. The molecule has 1 fully saturated rings. The average molecular weight is 236 g/mol. The summed E-state index contributed by atoms with van der Waals surface area (Å²) in [5.41, 5.74) is 7.56. The van der Waals surface area contributed by atoms with Gasteiger partial charge in [0.15, 0.2) is 0 Å². The number of aryl methyl sites for hydroxylation is 1. The van der Waals surface area contributed by atoms with Crippen molar-refractivity contribution in [2.24, 2.45) is 0 Å². The van der Waals surface area contributed by atoms with E-state index in [0.29, 0.717) is 18.8 Å². The second kappa shape index (κ2) is 4.53. The van der Waals surface area contributed by atoms with E-state index in [2.05, 4.69) is 0 Å². The minimum absolute atomic E-state index is 0.0578. The third kappa shape index (κ3) is 2.61. The highest BCUT2D eigenvalue weighted by Crippen LogP contribution is 2.23. The van der Waals surface area contributed by atoms with Crippen molar-refractivity contribution in [1.29, 1.82) is 0 Å². The molecule has 1 amide bonds. The molecular formula is C12H16N2O3. The van der Waals surface area contributed by atoms with Gasteiger partial charge >= 0.3 is 6.09 Å². The number of carboxylic acid groups (broad SMARTS) is 1. The van der Waals surface area contributed by atoms with E-state index in [0.717, 1.165) is 17.7 Å². The molecule has 5 heteroatoms. The minimum atomic E-state index is -0.897. The maximum absolute atomic E-state index is 10.6. The molecule has 0 unspecified atom stereocenters. The van der Waals surface area contributed by atoms with Crippen LogP contribution in [0.25, 0.3) is 0 Å². The van der Waals surface area contributed by atoms with Gasteiger partial charge in [0, 0.05) is 11.8 Å². The predicted molar refractivity (Wildman–Crippen MR) is 64.2 cm³/mol. The largest absolute Gasteiger partial charge is 0.487 e. The fourth-order valence-corrected chi connectivity index (χ4v) is 1.82. The van der Waals surface area contributed by atoms with E-state index in [1.54, 1.807) is 6.07 Å². The third-order valence-corrected chi connectivity index (χ3v) is 2.82. The van der Waals surface area contributed by atoms with Gasteiger partial charge in [-0.25, -0.2) is 4.79 Å². The summed E-state index contributed by atoms with van der Waals surface area (Å²) in [7, 11) is 0. The second-order valence-corrected chi connectivity index (χ2v) is 4.19. The van der Waals surface area contributed by atoms with Crippen LogP contribution in [0.3, 0.4) is 0 Å². The van der Waals surface area contributed by atoms with Crippen LogP contribution in [0.15, 0.2) is 18.2 Å². The average Bonchev–Trinajstić information content (AvgIpc) is 2.21. The molecule has 0 radical (unpaired) electrons. The molecule has 0 aromatic heterocycles. The maximum Gasteiger partial charge on any atom is 0.407 e. The molecule has 1 aromatic rings. The van der Waals surface area contributed by atoms with Crippen molar-refractivity contribution < 1.29 is 14.6 Å². The summed E-state index contributed by atoms with van der Waals surface area (Å²) in [6.45, 7) is 2.89. The van der Waals surface area contributed by atoms with Gasteiger partial charge in [0.2, 0.25) is 0 Å². The molecule has 1 aliphatic heterocycles. The Bertz CT molecular complexity index is 428. The number of anilines is 1. The highest BCUT2D eigenvalue weighted by Gasteiger charge is 2.32. The number of nitrogen functional groups attached to an aromatic ring is 1. The first-order chi connectivity index (χ1) is 8.08. The lowest BCUT2D eigenvalue weighted by Gasteiger charge is -2.36. The Morgan fingerprint density at radius 2 is 2.24 bits per heavy atom. The van der Waals surface area contributed by atoms with Gasteiger partial charge < -0.3 is 20.5 Å². The van der Waals surface area contributed by atoms with E-state index in [4.69, 9.17) is 15.6 Å². The molecule has 92 valence electrons. The number of hydrogen-bond donors (Lipinski definition) is 2. The summed E-state index contributed by atoms with van der Waals surface area (Å²) in [6.07, 6.45) is -0.0582. The highest BCUT2D eigenvalue weighted by atomic mass is 16.5. The molecule has 0 saturated carbocycles. The number of amides is 1. The van der Waals surface area contributed by atoms with Crippen LogP contribution in [0.1, 0.15) is 12.5 Å². The van der Waals surface area contributed by atoms with E-state index in [1.807, 2.05) is 19.1 Å². The fourth-order valence-electron chi connectivity index (χ4n) is 1.82. The van der Waals surface area contributed by atoms with Crippen LogP contribution in [0.5, 0.6) is 5.75 Å². The number of nitrogens with two attached hydrogens (primary N) is 1. The molecule has 0 aliphatic carbocycles.